The van der Waals surface area contributed by atoms with Gasteiger partial charge in [0.1, 0.15) is 22.0 Å². The molecule has 2 N–H and O–H groups in total. The summed E-state index contributed by atoms with van der Waals surface area (Å²) in [4.78, 5) is 15.6. The number of nitrogens with zero attached hydrogens (tertiary/aromatic N) is 3. The van der Waals surface area contributed by atoms with Crippen LogP contribution in [0.3, 0.4) is 0 Å². The number of amides is 1. The van der Waals surface area contributed by atoms with Crippen LogP contribution in [-0.2, 0) is 21.2 Å². The fraction of sp³-hybridized carbons (Fsp3) is 0.458. The molecule has 1 amide bonds. The standard InChI is InChI=1S/C24H31N5O3S2/c1-2-19-11-6-7-15-29(19)16-14-25-24(30)21(17-18-9-4-3-5-10-18)28-34(31,32)22-13-8-12-20-23(22)27-33-26-20/h3-5,8-10,12-13,19,21,28H,2,6-7,11,14-17H2,1H3,(H,25,30). The van der Waals surface area contributed by atoms with Gasteiger partial charge in [-0.3, -0.25) is 9.69 Å². The predicted octanol–water partition coefficient (Wildman–Crippen LogP) is 2.96. The molecule has 1 aliphatic heterocycles. The lowest BCUT2D eigenvalue weighted by atomic mass is 10.0. The summed E-state index contributed by atoms with van der Waals surface area (Å²) in [6, 6.07) is 13.9. The van der Waals surface area contributed by atoms with E-state index in [1.54, 1.807) is 12.1 Å². The van der Waals surface area contributed by atoms with E-state index < -0.39 is 16.1 Å². The van der Waals surface area contributed by atoms with E-state index in [4.69, 9.17) is 0 Å². The number of piperidine rings is 1. The van der Waals surface area contributed by atoms with E-state index in [2.05, 4.69) is 30.6 Å². The Hall–Kier alpha value is -2.40. The van der Waals surface area contributed by atoms with Gasteiger partial charge < -0.3 is 5.32 Å². The summed E-state index contributed by atoms with van der Waals surface area (Å²) in [5, 5.41) is 2.97. The SMILES string of the molecule is CCC1CCCCN1CCNC(=O)C(Cc1ccccc1)NS(=O)(=O)c1cccc2nsnc12. The predicted molar refractivity (Wildman–Crippen MR) is 134 cm³/mol. The van der Waals surface area contributed by atoms with Crippen molar-refractivity contribution in [3.05, 3.63) is 54.1 Å². The van der Waals surface area contributed by atoms with Gasteiger partial charge >= 0.3 is 0 Å². The van der Waals surface area contributed by atoms with Crippen LogP contribution in [0.25, 0.3) is 11.0 Å². The van der Waals surface area contributed by atoms with Crippen LogP contribution in [0.5, 0.6) is 0 Å². The zero-order valence-electron chi connectivity index (χ0n) is 19.3. The van der Waals surface area contributed by atoms with Gasteiger partial charge in [-0.15, -0.1) is 0 Å². The van der Waals surface area contributed by atoms with E-state index in [0.29, 0.717) is 23.6 Å². The first-order valence-corrected chi connectivity index (χ1v) is 14.0. The Balaban J connectivity index is 1.48. The van der Waals surface area contributed by atoms with Crippen molar-refractivity contribution in [1.29, 1.82) is 0 Å². The molecular formula is C24H31N5O3S2. The normalized spacial score (nSPS) is 18.1. The van der Waals surface area contributed by atoms with Crippen molar-refractivity contribution in [2.45, 2.75) is 56.0 Å². The minimum atomic E-state index is -4.00. The highest BCUT2D eigenvalue weighted by molar-refractivity contribution is 7.89. The molecule has 4 rings (SSSR count). The summed E-state index contributed by atoms with van der Waals surface area (Å²) < 4.78 is 37.5. The van der Waals surface area contributed by atoms with Crippen molar-refractivity contribution in [1.82, 2.24) is 23.7 Å². The third-order valence-electron chi connectivity index (χ3n) is 6.35. The molecule has 0 aliphatic carbocycles. The lowest BCUT2D eigenvalue weighted by Gasteiger charge is -2.35. The maximum Gasteiger partial charge on any atom is 0.243 e. The topological polar surface area (TPSA) is 104 Å². The van der Waals surface area contributed by atoms with E-state index in [-0.39, 0.29) is 17.2 Å². The van der Waals surface area contributed by atoms with Gasteiger partial charge in [0.05, 0.1) is 11.7 Å². The second kappa shape index (κ2) is 11.4. The second-order valence-corrected chi connectivity index (χ2v) is 10.8. The summed E-state index contributed by atoms with van der Waals surface area (Å²) in [6.45, 7) is 4.48. The smallest absolute Gasteiger partial charge is 0.243 e. The van der Waals surface area contributed by atoms with Gasteiger partial charge in [0.15, 0.2) is 0 Å². The van der Waals surface area contributed by atoms with Gasteiger partial charge in [0.2, 0.25) is 15.9 Å². The minimum Gasteiger partial charge on any atom is -0.353 e. The fourth-order valence-electron chi connectivity index (χ4n) is 4.55. The summed E-state index contributed by atoms with van der Waals surface area (Å²) in [5.41, 5.74) is 1.71. The average Bonchev–Trinajstić information content (AvgIpc) is 3.33. The quantitative estimate of drug-likeness (QED) is 0.443. The number of benzene rings is 2. The number of sulfonamides is 1. The highest BCUT2D eigenvalue weighted by atomic mass is 32.2. The van der Waals surface area contributed by atoms with Crippen LogP contribution < -0.4 is 10.0 Å². The first kappa shape index (κ1) is 24.7. The lowest BCUT2D eigenvalue weighted by molar-refractivity contribution is -0.122. The first-order valence-electron chi connectivity index (χ1n) is 11.8. The summed E-state index contributed by atoms with van der Waals surface area (Å²) >= 11 is 0.961. The Morgan fingerprint density at radius 1 is 1.15 bits per heavy atom. The molecule has 182 valence electrons. The number of rotatable bonds is 10. The number of hydrogen-bond acceptors (Lipinski definition) is 7. The van der Waals surface area contributed by atoms with E-state index in [1.165, 1.54) is 25.3 Å². The Morgan fingerprint density at radius 2 is 1.97 bits per heavy atom. The van der Waals surface area contributed by atoms with Gasteiger partial charge in [-0.25, -0.2) is 8.42 Å². The molecule has 0 bridgehead atoms. The van der Waals surface area contributed by atoms with E-state index in [0.717, 1.165) is 36.8 Å². The molecule has 0 spiro atoms. The molecule has 3 aromatic rings. The summed E-state index contributed by atoms with van der Waals surface area (Å²) in [7, 11) is -4.00. The molecule has 8 nitrogen and oxygen atoms in total. The first-order chi connectivity index (χ1) is 16.5. The number of carbonyl (C=O) groups is 1. The van der Waals surface area contributed by atoms with Crippen LogP contribution in [-0.4, -0.2) is 59.7 Å². The Labute approximate surface area is 205 Å². The van der Waals surface area contributed by atoms with Gasteiger partial charge in [0.25, 0.3) is 0 Å². The van der Waals surface area contributed by atoms with Gasteiger partial charge in [-0.1, -0.05) is 49.7 Å². The van der Waals surface area contributed by atoms with Crippen molar-refractivity contribution >= 4 is 38.7 Å². The molecule has 2 atom stereocenters. The van der Waals surface area contributed by atoms with Crippen LogP contribution in [0.1, 0.15) is 38.2 Å². The zero-order valence-corrected chi connectivity index (χ0v) is 20.9. The number of nitrogens with one attached hydrogen (secondary N) is 2. The molecule has 10 heteroatoms. The van der Waals surface area contributed by atoms with Crippen LogP contribution in [0, 0.1) is 0 Å². The summed E-state index contributed by atoms with van der Waals surface area (Å²) in [6.07, 6.45) is 4.97. The molecule has 0 radical (unpaired) electrons. The number of fused-ring (bicyclic) bond motifs is 1. The largest absolute Gasteiger partial charge is 0.353 e. The molecule has 1 fully saturated rings. The Morgan fingerprint density at radius 3 is 2.76 bits per heavy atom. The van der Waals surface area contributed by atoms with Crippen molar-refractivity contribution in [3.8, 4) is 0 Å². The van der Waals surface area contributed by atoms with Crippen LogP contribution in [0.15, 0.2) is 53.4 Å². The van der Waals surface area contributed by atoms with Gasteiger partial charge in [0, 0.05) is 19.1 Å². The monoisotopic (exact) mass is 501 g/mol. The number of aromatic nitrogens is 2. The average molecular weight is 502 g/mol. The third-order valence-corrected chi connectivity index (χ3v) is 8.40. The molecule has 34 heavy (non-hydrogen) atoms. The van der Waals surface area contributed by atoms with Crippen LogP contribution in [0.4, 0.5) is 0 Å². The zero-order chi connectivity index (χ0) is 24.0. The van der Waals surface area contributed by atoms with Crippen molar-refractivity contribution in [2.24, 2.45) is 0 Å². The van der Waals surface area contributed by atoms with E-state index in [1.807, 2.05) is 30.3 Å². The molecule has 2 unspecified atom stereocenters. The minimum absolute atomic E-state index is 0.0312. The molecule has 1 saturated heterocycles. The molecule has 2 aromatic carbocycles. The number of likely N-dealkylation sites (tertiary alicyclic amines) is 1. The highest BCUT2D eigenvalue weighted by Gasteiger charge is 2.28. The maximum atomic E-state index is 13.3. The summed E-state index contributed by atoms with van der Waals surface area (Å²) in [5.74, 6) is -0.332. The molecule has 2 heterocycles. The van der Waals surface area contributed by atoms with Crippen LogP contribution >= 0.6 is 11.7 Å². The molecule has 1 aliphatic rings. The second-order valence-electron chi connectivity index (χ2n) is 8.64. The highest BCUT2D eigenvalue weighted by Crippen LogP contribution is 2.22. The molecule has 0 saturated carbocycles. The third kappa shape index (κ3) is 5.99. The van der Waals surface area contributed by atoms with E-state index >= 15 is 0 Å². The Bertz CT molecular complexity index is 1200. The van der Waals surface area contributed by atoms with E-state index in [9.17, 15) is 13.2 Å². The van der Waals surface area contributed by atoms with Crippen LogP contribution in [0.2, 0.25) is 0 Å². The molecule has 1 aromatic heterocycles. The number of carbonyl (C=O) groups excluding carboxylic acids is 1. The van der Waals surface area contributed by atoms with Crippen molar-refractivity contribution < 1.29 is 13.2 Å². The van der Waals surface area contributed by atoms with Crippen molar-refractivity contribution in [3.63, 3.8) is 0 Å². The van der Waals surface area contributed by atoms with Gasteiger partial charge in [-0.2, -0.15) is 13.5 Å². The maximum absolute atomic E-state index is 13.3. The molecular weight excluding hydrogens is 470 g/mol. The van der Waals surface area contributed by atoms with Gasteiger partial charge in [-0.05, 0) is 49.9 Å². The number of hydrogen-bond donors (Lipinski definition) is 2. The lowest BCUT2D eigenvalue weighted by Crippen LogP contribution is -2.50. The fourth-order valence-corrected chi connectivity index (χ4v) is 6.51. The van der Waals surface area contributed by atoms with Crippen molar-refractivity contribution in [2.75, 3.05) is 19.6 Å². The Kier molecular flexibility index (Phi) is 8.25.